The lowest BCUT2D eigenvalue weighted by atomic mass is 10.2. The summed E-state index contributed by atoms with van der Waals surface area (Å²) in [4.78, 5) is 10.6. The molecule has 0 heterocycles. The third kappa shape index (κ3) is 5.29. The Kier molecular flexibility index (Phi) is 6.66. The quantitative estimate of drug-likeness (QED) is 0.669. The Labute approximate surface area is 89.2 Å². The smallest absolute Gasteiger partial charge is 0.331 e. The van der Waals surface area contributed by atoms with Gasteiger partial charge in [0.2, 0.25) is 0 Å². The topological polar surface area (TPSA) is 57.5 Å². The lowest BCUT2D eigenvalue weighted by molar-refractivity contribution is -0.132. The van der Waals surface area contributed by atoms with E-state index in [4.69, 9.17) is 5.11 Å². The number of carboxylic acids is 1. The molecule has 2 atom stereocenters. The molecule has 0 aliphatic carbocycles. The average molecular weight is 218 g/mol. The Morgan fingerprint density at radius 3 is 2.43 bits per heavy atom. The van der Waals surface area contributed by atoms with Gasteiger partial charge in [0.1, 0.15) is 0 Å². The highest BCUT2D eigenvalue weighted by Gasteiger charge is 2.08. The maximum Gasteiger partial charge on any atom is 0.331 e. The summed E-state index contributed by atoms with van der Waals surface area (Å²) in [5, 5.41) is 18.1. The largest absolute Gasteiger partial charge is 0.478 e. The minimum Gasteiger partial charge on any atom is -0.478 e. The maximum atomic E-state index is 10.6. The minimum atomic E-state index is -0.849. The lowest BCUT2D eigenvalue weighted by Crippen LogP contribution is -2.15. The van der Waals surface area contributed by atoms with Gasteiger partial charge in [0.05, 0.1) is 6.10 Å². The van der Waals surface area contributed by atoms with Crippen LogP contribution in [0.1, 0.15) is 27.2 Å². The van der Waals surface area contributed by atoms with Gasteiger partial charge in [-0.2, -0.15) is 11.8 Å². The number of rotatable bonds is 6. The van der Waals surface area contributed by atoms with E-state index < -0.39 is 5.97 Å². The molecule has 82 valence electrons. The third-order valence-corrected chi connectivity index (χ3v) is 3.30. The summed E-state index contributed by atoms with van der Waals surface area (Å²) in [6.07, 6.45) is 1.90. The van der Waals surface area contributed by atoms with Crippen LogP contribution >= 0.6 is 11.8 Å². The number of hydrogen-bond donors (Lipinski definition) is 2. The number of carboxylic acid groups (broad SMARTS) is 1. The van der Waals surface area contributed by atoms with E-state index in [1.807, 2.05) is 13.8 Å². The second-order valence-corrected chi connectivity index (χ2v) is 4.58. The Morgan fingerprint density at radius 2 is 2.07 bits per heavy atom. The first kappa shape index (κ1) is 13.5. The summed E-state index contributed by atoms with van der Waals surface area (Å²) >= 11 is 1.56. The van der Waals surface area contributed by atoms with Crippen LogP contribution < -0.4 is 0 Å². The van der Waals surface area contributed by atoms with Crippen molar-refractivity contribution in [2.45, 2.75) is 38.5 Å². The molecular weight excluding hydrogens is 200 g/mol. The summed E-state index contributed by atoms with van der Waals surface area (Å²) in [5.41, 5.74) is 0.440. The summed E-state index contributed by atoms with van der Waals surface area (Å²) in [7, 11) is 0. The van der Waals surface area contributed by atoms with Gasteiger partial charge in [0.15, 0.2) is 0 Å². The van der Waals surface area contributed by atoms with Crippen molar-refractivity contribution in [2.24, 2.45) is 0 Å². The van der Waals surface area contributed by atoms with Gasteiger partial charge in [-0.3, -0.25) is 0 Å². The molecule has 0 amide bonds. The van der Waals surface area contributed by atoms with Gasteiger partial charge < -0.3 is 10.2 Å². The molecule has 0 spiro atoms. The molecule has 4 heteroatoms. The van der Waals surface area contributed by atoms with Crippen molar-refractivity contribution in [3.8, 4) is 0 Å². The Balaban J connectivity index is 3.96. The van der Waals surface area contributed by atoms with Crippen molar-refractivity contribution in [1.82, 2.24) is 0 Å². The number of thioether (sulfide) groups is 1. The highest BCUT2D eigenvalue weighted by atomic mass is 32.2. The van der Waals surface area contributed by atoms with Crippen LogP contribution in [-0.2, 0) is 4.79 Å². The van der Waals surface area contributed by atoms with E-state index in [0.29, 0.717) is 17.7 Å². The van der Waals surface area contributed by atoms with Crippen molar-refractivity contribution >= 4 is 17.7 Å². The standard InChI is InChI=1S/C10H18O3S/c1-4-9(10(12)13)5-6-14-8(3)7(2)11/h5,7-8,11H,4,6H2,1-3H3,(H,12,13). The third-order valence-electron chi connectivity index (χ3n) is 2.02. The summed E-state index contributed by atoms with van der Waals surface area (Å²) in [6, 6.07) is 0. The van der Waals surface area contributed by atoms with E-state index in [9.17, 15) is 9.90 Å². The number of hydrogen-bond acceptors (Lipinski definition) is 3. The number of carbonyl (C=O) groups is 1. The minimum absolute atomic E-state index is 0.137. The van der Waals surface area contributed by atoms with Gasteiger partial charge in [-0.25, -0.2) is 4.79 Å². The zero-order chi connectivity index (χ0) is 11.1. The molecule has 0 saturated heterocycles. The van der Waals surface area contributed by atoms with Crippen LogP contribution in [0.3, 0.4) is 0 Å². The predicted molar refractivity (Wildman–Crippen MR) is 59.6 cm³/mol. The van der Waals surface area contributed by atoms with E-state index >= 15 is 0 Å². The molecule has 0 aromatic heterocycles. The lowest BCUT2D eigenvalue weighted by Gasteiger charge is -2.12. The van der Waals surface area contributed by atoms with Crippen LogP contribution in [0.5, 0.6) is 0 Å². The van der Waals surface area contributed by atoms with Crippen molar-refractivity contribution in [3.63, 3.8) is 0 Å². The highest BCUT2D eigenvalue weighted by Crippen LogP contribution is 2.15. The zero-order valence-electron chi connectivity index (χ0n) is 8.86. The van der Waals surface area contributed by atoms with Gasteiger partial charge in [0, 0.05) is 16.6 Å². The van der Waals surface area contributed by atoms with Crippen LogP contribution in [0, 0.1) is 0 Å². The van der Waals surface area contributed by atoms with Crippen LogP contribution in [0.15, 0.2) is 11.6 Å². The van der Waals surface area contributed by atoms with Gasteiger partial charge >= 0.3 is 5.97 Å². The summed E-state index contributed by atoms with van der Waals surface area (Å²) in [6.45, 7) is 5.48. The molecule has 3 nitrogen and oxygen atoms in total. The fraction of sp³-hybridized carbons (Fsp3) is 0.700. The molecule has 0 aromatic rings. The Bertz CT molecular complexity index is 211. The first-order chi connectivity index (χ1) is 6.49. The predicted octanol–water partition coefficient (Wildman–Crippen LogP) is 1.91. The molecule has 0 aliphatic rings. The fourth-order valence-corrected chi connectivity index (χ4v) is 1.70. The second-order valence-electron chi connectivity index (χ2n) is 3.17. The van der Waals surface area contributed by atoms with Crippen LogP contribution in [0.4, 0.5) is 0 Å². The van der Waals surface area contributed by atoms with Gasteiger partial charge in [-0.15, -0.1) is 0 Å². The van der Waals surface area contributed by atoms with Gasteiger partial charge in [-0.05, 0) is 13.3 Å². The molecule has 0 saturated carbocycles. The Hall–Kier alpha value is -0.480. The molecule has 14 heavy (non-hydrogen) atoms. The van der Waals surface area contributed by atoms with Crippen molar-refractivity contribution in [1.29, 1.82) is 0 Å². The summed E-state index contributed by atoms with van der Waals surface area (Å²) < 4.78 is 0. The molecule has 0 bridgehead atoms. The van der Waals surface area contributed by atoms with Crippen LogP contribution in [0.2, 0.25) is 0 Å². The fourth-order valence-electron chi connectivity index (χ4n) is 0.823. The molecule has 0 aromatic carbocycles. The number of aliphatic hydroxyl groups excluding tert-OH is 1. The first-order valence-electron chi connectivity index (χ1n) is 4.71. The first-order valence-corrected chi connectivity index (χ1v) is 5.75. The van der Waals surface area contributed by atoms with E-state index in [2.05, 4.69) is 0 Å². The molecule has 0 radical (unpaired) electrons. The van der Waals surface area contributed by atoms with Crippen LogP contribution in [0.25, 0.3) is 0 Å². The van der Waals surface area contributed by atoms with Gasteiger partial charge in [-0.1, -0.05) is 19.9 Å². The van der Waals surface area contributed by atoms with Gasteiger partial charge in [0.25, 0.3) is 0 Å². The normalized spacial score (nSPS) is 16.4. The molecule has 2 unspecified atom stereocenters. The van der Waals surface area contributed by atoms with E-state index in [-0.39, 0.29) is 11.4 Å². The molecule has 2 N–H and O–H groups in total. The van der Waals surface area contributed by atoms with Crippen molar-refractivity contribution in [3.05, 3.63) is 11.6 Å². The summed E-state index contributed by atoms with van der Waals surface area (Å²) in [5.74, 6) is -0.209. The van der Waals surface area contributed by atoms with E-state index in [1.54, 1.807) is 24.8 Å². The monoisotopic (exact) mass is 218 g/mol. The van der Waals surface area contributed by atoms with E-state index in [1.165, 1.54) is 0 Å². The Morgan fingerprint density at radius 1 is 1.50 bits per heavy atom. The second kappa shape index (κ2) is 6.90. The zero-order valence-corrected chi connectivity index (χ0v) is 9.67. The SMILES string of the molecule is CCC(=CCSC(C)C(C)O)C(=O)O. The van der Waals surface area contributed by atoms with E-state index in [0.717, 1.165) is 0 Å². The maximum absolute atomic E-state index is 10.6. The molecule has 0 fully saturated rings. The number of aliphatic hydroxyl groups is 1. The van der Waals surface area contributed by atoms with Crippen molar-refractivity contribution in [2.75, 3.05) is 5.75 Å². The molecular formula is C10H18O3S. The highest BCUT2D eigenvalue weighted by molar-refractivity contribution is 8.00. The molecule has 0 aliphatic heterocycles. The average Bonchev–Trinajstić information content (AvgIpc) is 2.11. The van der Waals surface area contributed by atoms with Crippen molar-refractivity contribution < 1.29 is 15.0 Å². The molecule has 0 rings (SSSR count). The van der Waals surface area contributed by atoms with Crippen LogP contribution in [-0.4, -0.2) is 33.3 Å². The number of aliphatic carboxylic acids is 1.